The molecule has 5 aromatic rings. The zero-order valence-electron chi connectivity index (χ0n) is 17.5. The van der Waals surface area contributed by atoms with Crippen LogP contribution in [0.1, 0.15) is 12.8 Å². The van der Waals surface area contributed by atoms with Gasteiger partial charge in [0, 0.05) is 34.5 Å². The summed E-state index contributed by atoms with van der Waals surface area (Å²) in [4.78, 5) is 20.3. The van der Waals surface area contributed by atoms with Gasteiger partial charge in [-0.2, -0.15) is 5.10 Å². The first-order chi connectivity index (χ1) is 16.1. The molecule has 1 saturated heterocycles. The first-order valence-electron chi connectivity index (χ1n) is 10.7. The number of fused-ring (bicyclic) bond motifs is 4. The highest BCUT2D eigenvalue weighted by atomic mass is 19.1. The lowest BCUT2D eigenvalue weighted by Crippen LogP contribution is -2.28. The van der Waals surface area contributed by atoms with Gasteiger partial charge in [-0.1, -0.05) is 6.07 Å². The molecule has 0 unspecified atom stereocenters. The minimum atomic E-state index is -0.435. The van der Waals surface area contributed by atoms with Gasteiger partial charge in [-0.05, 0) is 42.7 Å². The Morgan fingerprint density at radius 1 is 1.18 bits per heavy atom. The van der Waals surface area contributed by atoms with Gasteiger partial charge in [0.15, 0.2) is 0 Å². The van der Waals surface area contributed by atoms with E-state index in [1.807, 2.05) is 12.1 Å². The van der Waals surface area contributed by atoms with Crippen molar-refractivity contribution in [3.05, 3.63) is 58.9 Å². The first kappa shape index (κ1) is 19.7. The van der Waals surface area contributed by atoms with Crippen LogP contribution in [0.4, 0.5) is 10.1 Å². The van der Waals surface area contributed by atoms with E-state index in [1.54, 1.807) is 18.3 Å². The fourth-order valence-electron chi connectivity index (χ4n) is 4.58. The predicted octanol–water partition coefficient (Wildman–Crippen LogP) is 3.90. The quantitative estimate of drug-likeness (QED) is 0.363. The second kappa shape index (κ2) is 7.56. The third-order valence-electron chi connectivity index (χ3n) is 6.12. The number of hydrogen-bond acceptors (Lipinski definition) is 6. The molecule has 4 heterocycles. The maximum absolute atomic E-state index is 14.3. The number of benzene rings is 2. The number of pyridine rings is 2. The van der Waals surface area contributed by atoms with Crippen molar-refractivity contribution in [1.82, 2.24) is 20.2 Å². The van der Waals surface area contributed by atoms with Crippen LogP contribution in [0.15, 0.2) is 47.5 Å². The summed E-state index contributed by atoms with van der Waals surface area (Å²) in [6.45, 7) is 1.23. The fraction of sp³-hybridized carbons (Fsp3) is 0.208. The molecule has 0 saturated carbocycles. The molecule has 2 aromatic carbocycles. The molecule has 9 heteroatoms. The van der Waals surface area contributed by atoms with Gasteiger partial charge >= 0.3 is 0 Å². The number of nitrogens with zero attached hydrogens (tertiary/aromatic N) is 2. The molecule has 0 aliphatic carbocycles. The van der Waals surface area contributed by atoms with Gasteiger partial charge in [0.1, 0.15) is 34.4 Å². The molecule has 4 N–H and O–H groups in total. The summed E-state index contributed by atoms with van der Waals surface area (Å²) < 4.78 is 26.2. The van der Waals surface area contributed by atoms with Gasteiger partial charge in [0.05, 0.1) is 18.3 Å². The predicted molar refractivity (Wildman–Crippen MR) is 124 cm³/mol. The summed E-state index contributed by atoms with van der Waals surface area (Å²) in [5.41, 5.74) is 8.48. The minimum absolute atomic E-state index is 0.0341. The molecule has 1 atom stereocenters. The number of rotatable bonds is 3. The van der Waals surface area contributed by atoms with Crippen LogP contribution in [0, 0.1) is 5.82 Å². The summed E-state index contributed by atoms with van der Waals surface area (Å²) in [6.07, 6.45) is 4.91. The molecule has 8 nitrogen and oxygen atoms in total. The van der Waals surface area contributed by atoms with E-state index in [-0.39, 0.29) is 17.3 Å². The standard InChI is InChI=1S/C24H20FN5O3/c25-17-6-5-13(16-10-28-30-22(16)17)19-15-9-18(33-12-3-2-8-32-11-12)23-14(4-1-7-27-23)21(15)29-24(31)20(19)26/h1,4-7,9-10,12H,2-3,8,11,26H2,(H,28,30)(H,29,31)/t12-/m0/s1. The van der Waals surface area contributed by atoms with Crippen molar-refractivity contribution in [2.75, 3.05) is 18.9 Å². The molecule has 0 spiro atoms. The van der Waals surface area contributed by atoms with E-state index in [1.165, 1.54) is 12.3 Å². The molecular weight excluding hydrogens is 425 g/mol. The van der Waals surface area contributed by atoms with Crippen LogP contribution >= 0.6 is 0 Å². The Kier molecular flexibility index (Phi) is 4.51. The second-order valence-corrected chi connectivity index (χ2v) is 8.15. The van der Waals surface area contributed by atoms with Crippen LogP contribution in [0.25, 0.3) is 43.8 Å². The molecule has 0 amide bonds. The maximum atomic E-state index is 14.3. The number of nitrogen functional groups attached to an aromatic ring is 1. The van der Waals surface area contributed by atoms with E-state index in [0.717, 1.165) is 24.8 Å². The van der Waals surface area contributed by atoms with Crippen LogP contribution in [-0.2, 0) is 4.74 Å². The Labute approximate surface area is 186 Å². The zero-order chi connectivity index (χ0) is 22.5. The van der Waals surface area contributed by atoms with Crippen molar-refractivity contribution in [3.63, 3.8) is 0 Å². The Morgan fingerprint density at radius 2 is 2.09 bits per heavy atom. The summed E-state index contributed by atoms with van der Waals surface area (Å²) in [6, 6.07) is 8.47. The van der Waals surface area contributed by atoms with Gasteiger partial charge in [-0.15, -0.1) is 0 Å². The molecule has 6 rings (SSSR count). The number of anilines is 1. The van der Waals surface area contributed by atoms with Gasteiger partial charge in [-0.25, -0.2) is 4.39 Å². The monoisotopic (exact) mass is 445 g/mol. The van der Waals surface area contributed by atoms with Crippen molar-refractivity contribution in [1.29, 1.82) is 0 Å². The van der Waals surface area contributed by atoms with Gasteiger partial charge in [0.25, 0.3) is 5.56 Å². The van der Waals surface area contributed by atoms with Crippen LogP contribution in [-0.4, -0.2) is 39.5 Å². The Morgan fingerprint density at radius 3 is 2.94 bits per heavy atom. The fourth-order valence-corrected chi connectivity index (χ4v) is 4.58. The van der Waals surface area contributed by atoms with Gasteiger partial charge in [-0.3, -0.25) is 14.9 Å². The average Bonchev–Trinajstić information content (AvgIpc) is 3.33. The van der Waals surface area contributed by atoms with E-state index in [2.05, 4.69) is 20.2 Å². The average molecular weight is 445 g/mol. The van der Waals surface area contributed by atoms with E-state index in [4.69, 9.17) is 15.2 Å². The number of ether oxygens (including phenoxy) is 2. The summed E-state index contributed by atoms with van der Waals surface area (Å²) >= 11 is 0. The molecule has 1 aliphatic heterocycles. The van der Waals surface area contributed by atoms with Crippen molar-refractivity contribution in [2.45, 2.75) is 18.9 Å². The molecular formula is C24H20FN5O3. The molecule has 3 aromatic heterocycles. The number of aromatic nitrogens is 4. The largest absolute Gasteiger partial charge is 0.486 e. The van der Waals surface area contributed by atoms with Crippen molar-refractivity contribution >= 4 is 38.4 Å². The van der Waals surface area contributed by atoms with E-state index in [0.29, 0.717) is 45.3 Å². The van der Waals surface area contributed by atoms with Crippen LogP contribution in [0.5, 0.6) is 5.75 Å². The molecule has 0 bridgehead atoms. The van der Waals surface area contributed by atoms with Crippen molar-refractivity contribution in [2.24, 2.45) is 0 Å². The second-order valence-electron chi connectivity index (χ2n) is 8.15. The Bertz CT molecular complexity index is 1590. The van der Waals surface area contributed by atoms with E-state index in [9.17, 15) is 9.18 Å². The number of nitrogens with one attached hydrogen (secondary N) is 2. The zero-order valence-corrected chi connectivity index (χ0v) is 17.5. The lowest BCUT2D eigenvalue weighted by atomic mass is 9.95. The van der Waals surface area contributed by atoms with E-state index < -0.39 is 11.4 Å². The van der Waals surface area contributed by atoms with Crippen molar-refractivity contribution < 1.29 is 13.9 Å². The molecule has 1 aliphatic rings. The minimum Gasteiger partial charge on any atom is -0.486 e. The number of aromatic amines is 2. The smallest absolute Gasteiger partial charge is 0.272 e. The third kappa shape index (κ3) is 3.12. The maximum Gasteiger partial charge on any atom is 0.272 e. The lowest BCUT2D eigenvalue weighted by Gasteiger charge is -2.24. The summed E-state index contributed by atoms with van der Waals surface area (Å²) in [5, 5.41) is 8.59. The third-order valence-corrected chi connectivity index (χ3v) is 6.12. The van der Waals surface area contributed by atoms with Crippen molar-refractivity contribution in [3.8, 4) is 16.9 Å². The van der Waals surface area contributed by atoms with Crippen LogP contribution < -0.4 is 16.0 Å². The number of hydrogen-bond donors (Lipinski definition) is 3. The van der Waals surface area contributed by atoms with Crippen LogP contribution in [0.3, 0.4) is 0 Å². The number of halogens is 1. The van der Waals surface area contributed by atoms with Gasteiger partial charge < -0.3 is 20.2 Å². The molecule has 0 radical (unpaired) electrons. The van der Waals surface area contributed by atoms with Crippen LogP contribution in [0.2, 0.25) is 0 Å². The molecule has 1 fully saturated rings. The van der Waals surface area contributed by atoms with Gasteiger partial charge in [0.2, 0.25) is 0 Å². The number of nitrogens with two attached hydrogens (primary N) is 1. The highest BCUT2D eigenvalue weighted by molar-refractivity contribution is 6.15. The highest BCUT2D eigenvalue weighted by Gasteiger charge is 2.22. The Balaban J connectivity index is 1.69. The Hall–Kier alpha value is -3.98. The SMILES string of the molecule is Nc1c(-c2ccc(F)c3[nH]ncc23)c2cc(O[C@H]3CCCOC3)c3ncccc3c2[nH]c1=O. The topological polar surface area (TPSA) is 119 Å². The molecule has 166 valence electrons. The normalized spacial score (nSPS) is 16.6. The highest BCUT2D eigenvalue weighted by Crippen LogP contribution is 2.40. The first-order valence-corrected chi connectivity index (χ1v) is 10.7. The lowest BCUT2D eigenvalue weighted by molar-refractivity contribution is 0.00806. The summed E-state index contributed by atoms with van der Waals surface area (Å²) in [7, 11) is 0. The van der Waals surface area contributed by atoms with E-state index >= 15 is 0 Å². The number of H-pyrrole nitrogens is 2. The molecule has 33 heavy (non-hydrogen) atoms. The summed E-state index contributed by atoms with van der Waals surface area (Å²) in [5.74, 6) is 0.141.